The van der Waals surface area contributed by atoms with Crippen LogP contribution < -0.4 is 5.32 Å². The molecule has 84 valence electrons. The van der Waals surface area contributed by atoms with Crippen LogP contribution in [0.5, 0.6) is 0 Å². The third-order valence-electron chi connectivity index (χ3n) is 1.90. The molecular weight excluding hydrogens is 330 g/mol. The first kappa shape index (κ1) is 12.1. The zero-order chi connectivity index (χ0) is 11.5. The number of rotatable bonds is 3. The van der Waals surface area contributed by atoms with E-state index in [2.05, 4.69) is 21.2 Å². The van der Waals surface area contributed by atoms with Gasteiger partial charge in [0.25, 0.3) is 5.91 Å². The monoisotopic (exact) mass is 335 g/mol. The van der Waals surface area contributed by atoms with E-state index in [1.165, 1.54) is 11.3 Å². The van der Waals surface area contributed by atoms with Crippen LogP contribution in [0.4, 0.5) is 0 Å². The van der Waals surface area contributed by atoms with Crippen molar-refractivity contribution >= 4 is 56.1 Å². The summed E-state index contributed by atoms with van der Waals surface area (Å²) in [5, 5.41) is 4.83. The van der Waals surface area contributed by atoms with E-state index in [0.717, 1.165) is 9.35 Å². The minimum atomic E-state index is -0.0859. The molecule has 1 N–H and O–H groups in total. The predicted octanol–water partition coefficient (Wildman–Crippen LogP) is 4.16. The number of amides is 1. The average molecular weight is 337 g/mol. The van der Waals surface area contributed by atoms with Crippen LogP contribution in [-0.4, -0.2) is 5.91 Å². The molecule has 2 rings (SSSR count). The van der Waals surface area contributed by atoms with Gasteiger partial charge in [0, 0.05) is 9.35 Å². The fourth-order valence-corrected chi connectivity index (χ4v) is 3.53. The summed E-state index contributed by atoms with van der Waals surface area (Å²) in [6.45, 7) is 0.534. The van der Waals surface area contributed by atoms with E-state index in [1.54, 1.807) is 23.5 Å². The Morgan fingerprint density at radius 2 is 2.25 bits per heavy atom. The second-order valence-corrected chi connectivity index (χ2v) is 6.55. The van der Waals surface area contributed by atoms with E-state index in [4.69, 9.17) is 11.6 Å². The summed E-state index contributed by atoms with van der Waals surface area (Å²) in [4.78, 5) is 13.4. The minimum Gasteiger partial charge on any atom is -0.346 e. The Bertz CT molecular complexity index is 508. The zero-order valence-corrected chi connectivity index (χ0v) is 12.0. The highest BCUT2D eigenvalue weighted by atomic mass is 79.9. The van der Waals surface area contributed by atoms with Crippen molar-refractivity contribution in [3.05, 3.63) is 42.1 Å². The number of carbonyl (C=O) groups excluding carboxylic acids is 1. The van der Waals surface area contributed by atoms with Crippen LogP contribution in [0, 0.1) is 0 Å². The Balaban J connectivity index is 1.96. The second kappa shape index (κ2) is 5.31. The number of thiophene rings is 2. The molecule has 1 amide bonds. The second-order valence-electron chi connectivity index (χ2n) is 2.98. The van der Waals surface area contributed by atoms with Crippen molar-refractivity contribution in [2.45, 2.75) is 6.54 Å². The zero-order valence-electron chi connectivity index (χ0n) is 8.00. The predicted molar refractivity (Wildman–Crippen MR) is 72.5 cm³/mol. The molecule has 0 saturated heterocycles. The fraction of sp³-hybridized carbons (Fsp3) is 0.100. The number of halogens is 2. The summed E-state index contributed by atoms with van der Waals surface area (Å²) in [5.74, 6) is -0.0859. The van der Waals surface area contributed by atoms with Gasteiger partial charge < -0.3 is 5.32 Å². The maximum atomic E-state index is 11.7. The van der Waals surface area contributed by atoms with Crippen LogP contribution in [0.1, 0.15) is 14.5 Å². The van der Waals surface area contributed by atoms with Crippen molar-refractivity contribution in [2.24, 2.45) is 0 Å². The first-order chi connectivity index (χ1) is 7.66. The Labute approximate surface area is 114 Å². The molecule has 2 aromatic rings. The molecule has 0 saturated carbocycles. The van der Waals surface area contributed by atoms with Gasteiger partial charge in [0.1, 0.15) is 0 Å². The molecule has 2 aromatic heterocycles. The topological polar surface area (TPSA) is 29.1 Å². The summed E-state index contributed by atoms with van der Waals surface area (Å²) < 4.78 is 1.66. The van der Waals surface area contributed by atoms with Crippen LogP contribution >= 0.6 is 50.2 Å². The molecule has 0 aliphatic heterocycles. The molecular formula is C10H7BrClNOS2. The average Bonchev–Trinajstić information content (AvgIpc) is 2.84. The van der Waals surface area contributed by atoms with Gasteiger partial charge in [-0.2, -0.15) is 0 Å². The molecule has 0 aromatic carbocycles. The van der Waals surface area contributed by atoms with Crippen molar-refractivity contribution in [1.82, 2.24) is 5.32 Å². The van der Waals surface area contributed by atoms with Gasteiger partial charge in [0.15, 0.2) is 0 Å². The SMILES string of the molecule is O=C(NCc1sccc1Br)c1ccc(Cl)s1. The third kappa shape index (κ3) is 2.85. The van der Waals surface area contributed by atoms with Crippen molar-refractivity contribution in [3.8, 4) is 0 Å². The number of hydrogen-bond donors (Lipinski definition) is 1. The Morgan fingerprint density at radius 3 is 2.81 bits per heavy atom. The third-order valence-corrected chi connectivity index (χ3v) is 5.05. The lowest BCUT2D eigenvalue weighted by atomic mass is 10.4. The lowest BCUT2D eigenvalue weighted by Crippen LogP contribution is -2.21. The van der Waals surface area contributed by atoms with Crippen LogP contribution in [-0.2, 0) is 6.54 Å². The number of hydrogen-bond acceptors (Lipinski definition) is 3. The van der Waals surface area contributed by atoms with Gasteiger partial charge in [-0.25, -0.2) is 0 Å². The Kier molecular flexibility index (Phi) is 4.02. The molecule has 2 heterocycles. The van der Waals surface area contributed by atoms with Crippen molar-refractivity contribution in [3.63, 3.8) is 0 Å². The first-order valence-corrected chi connectivity index (χ1v) is 7.29. The molecule has 0 spiro atoms. The van der Waals surface area contributed by atoms with Crippen LogP contribution in [0.2, 0.25) is 4.34 Å². The van der Waals surface area contributed by atoms with Gasteiger partial charge in [-0.05, 0) is 39.5 Å². The molecule has 0 fully saturated rings. The van der Waals surface area contributed by atoms with Gasteiger partial charge in [0.05, 0.1) is 15.8 Å². The molecule has 6 heteroatoms. The van der Waals surface area contributed by atoms with E-state index in [0.29, 0.717) is 15.8 Å². The quantitative estimate of drug-likeness (QED) is 0.896. The van der Waals surface area contributed by atoms with Crippen molar-refractivity contribution in [1.29, 1.82) is 0 Å². The van der Waals surface area contributed by atoms with E-state index >= 15 is 0 Å². The lowest BCUT2D eigenvalue weighted by Gasteiger charge is -2.01. The number of carbonyl (C=O) groups is 1. The summed E-state index contributed by atoms with van der Waals surface area (Å²) in [5.41, 5.74) is 0. The highest BCUT2D eigenvalue weighted by molar-refractivity contribution is 9.10. The summed E-state index contributed by atoms with van der Waals surface area (Å²) in [6.07, 6.45) is 0. The van der Waals surface area contributed by atoms with E-state index < -0.39 is 0 Å². The van der Waals surface area contributed by atoms with Crippen LogP contribution in [0.25, 0.3) is 0 Å². The molecule has 0 radical (unpaired) electrons. The van der Waals surface area contributed by atoms with Crippen molar-refractivity contribution in [2.75, 3.05) is 0 Å². The van der Waals surface area contributed by atoms with Gasteiger partial charge in [-0.1, -0.05) is 11.6 Å². The van der Waals surface area contributed by atoms with Gasteiger partial charge in [0.2, 0.25) is 0 Å². The van der Waals surface area contributed by atoms with Gasteiger partial charge in [-0.3, -0.25) is 4.79 Å². The number of nitrogens with one attached hydrogen (secondary N) is 1. The maximum absolute atomic E-state index is 11.7. The lowest BCUT2D eigenvalue weighted by molar-refractivity contribution is 0.0955. The Hall–Kier alpha value is -0.360. The van der Waals surface area contributed by atoms with Crippen LogP contribution in [0.3, 0.4) is 0 Å². The Morgan fingerprint density at radius 1 is 1.44 bits per heavy atom. The van der Waals surface area contributed by atoms with Gasteiger partial charge in [-0.15, -0.1) is 22.7 Å². The maximum Gasteiger partial charge on any atom is 0.261 e. The standard InChI is InChI=1S/C10H7BrClNOS2/c11-6-3-4-15-8(6)5-13-10(14)7-1-2-9(12)16-7/h1-4H,5H2,(H,13,14). The summed E-state index contributed by atoms with van der Waals surface area (Å²) in [7, 11) is 0. The van der Waals surface area contributed by atoms with E-state index in [-0.39, 0.29) is 5.91 Å². The molecule has 2 nitrogen and oxygen atoms in total. The molecule has 0 bridgehead atoms. The highest BCUT2D eigenvalue weighted by Gasteiger charge is 2.09. The smallest absolute Gasteiger partial charge is 0.261 e. The molecule has 0 atom stereocenters. The van der Waals surface area contributed by atoms with Crippen molar-refractivity contribution < 1.29 is 4.79 Å². The van der Waals surface area contributed by atoms with Crippen LogP contribution in [0.15, 0.2) is 28.1 Å². The summed E-state index contributed by atoms with van der Waals surface area (Å²) >= 11 is 12.1. The van der Waals surface area contributed by atoms with Gasteiger partial charge >= 0.3 is 0 Å². The largest absolute Gasteiger partial charge is 0.346 e. The normalized spacial score (nSPS) is 10.4. The molecule has 0 unspecified atom stereocenters. The molecule has 16 heavy (non-hydrogen) atoms. The van der Waals surface area contributed by atoms with E-state index in [9.17, 15) is 4.79 Å². The summed E-state index contributed by atoms with van der Waals surface area (Å²) in [6, 6.07) is 5.42. The molecule has 0 aliphatic rings. The molecule has 0 aliphatic carbocycles. The highest BCUT2D eigenvalue weighted by Crippen LogP contribution is 2.23. The fourth-order valence-electron chi connectivity index (χ4n) is 1.14. The first-order valence-electron chi connectivity index (χ1n) is 4.42. The van der Waals surface area contributed by atoms with E-state index in [1.807, 2.05) is 11.4 Å². The minimum absolute atomic E-state index is 0.0859.